The van der Waals surface area contributed by atoms with Gasteiger partial charge >= 0.3 is 6.09 Å². The van der Waals surface area contributed by atoms with Crippen molar-refractivity contribution in [1.29, 1.82) is 0 Å². The van der Waals surface area contributed by atoms with Crippen LogP contribution in [-0.2, 0) is 14.3 Å². The number of nitrogens with one attached hydrogen (secondary N) is 2. The molecule has 3 amide bonds. The maximum Gasteiger partial charge on any atom is 0.409 e. The number of anilines is 1. The van der Waals surface area contributed by atoms with Crippen LogP contribution >= 0.6 is 15.9 Å². The minimum Gasteiger partial charge on any atom is -0.450 e. The van der Waals surface area contributed by atoms with Crippen LogP contribution in [-0.4, -0.2) is 48.5 Å². The Labute approximate surface area is 167 Å². The lowest BCUT2D eigenvalue weighted by Crippen LogP contribution is -2.46. The molecule has 0 spiro atoms. The van der Waals surface area contributed by atoms with Crippen molar-refractivity contribution in [1.82, 2.24) is 10.2 Å². The predicted molar refractivity (Wildman–Crippen MR) is 106 cm³/mol. The molecule has 148 valence electrons. The van der Waals surface area contributed by atoms with Crippen molar-refractivity contribution >= 4 is 39.5 Å². The van der Waals surface area contributed by atoms with Crippen molar-refractivity contribution in [3.8, 4) is 0 Å². The summed E-state index contributed by atoms with van der Waals surface area (Å²) < 4.78 is 5.88. The number of carbonyl (C=O) groups is 3. The predicted octanol–water partition coefficient (Wildman–Crippen LogP) is 3.30. The van der Waals surface area contributed by atoms with Crippen molar-refractivity contribution in [2.24, 2.45) is 0 Å². The normalized spacial score (nSPS) is 14.5. The number of halogens is 1. The Kier molecular flexibility index (Phi) is 8.57. The molecule has 1 fully saturated rings. The van der Waals surface area contributed by atoms with Crippen LogP contribution in [0.2, 0.25) is 0 Å². The second-order valence-corrected chi connectivity index (χ2v) is 7.36. The number of hydrogen-bond donors (Lipinski definition) is 2. The first-order chi connectivity index (χ1) is 13.0. The molecule has 2 rings (SSSR count). The van der Waals surface area contributed by atoms with E-state index < -0.39 is 0 Å². The number of amides is 3. The summed E-state index contributed by atoms with van der Waals surface area (Å²) in [5.74, 6) is -0.163. The summed E-state index contributed by atoms with van der Waals surface area (Å²) in [6.07, 6.45) is 2.24. The lowest BCUT2D eigenvalue weighted by atomic mass is 10.0. The van der Waals surface area contributed by atoms with Gasteiger partial charge in [-0.3, -0.25) is 9.59 Å². The zero-order valence-electron chi connectivity index (χ0n) is 15.5. The highest BCUT2D eigenvalue weighted by Gasteiger charge is 2.24. The van der Waals surface area contributed by atoms with Crippen LogP contribution in [0.4, 0.5) is 10.5 Å². The molecular formula is C19H26BrN3O4. The molecule has 1 aromatic rings. The van der Waals surface area contributed by atoms with E-state index in [4.69, 9.17) is 4.74 Å². The van der Waals surface area contributed by atoms with Crippen molar-refractivity contribution in [3.63, 3.8) is 0 Å². The molecule has 0 radical (unpaired) electrons. The number of nitrogens with zero attached hydrogens (tertiary/aromatic N) is 1. The van der Waals surface area contributed by atoms with Gasteiger partial charge in [-0.05, 0) is 44.4 Å². The third-order valence-corrected chi connectivity index (χ3v) is 4.80. The summed E-state index contributed by atoms with van der Waals surface area (Å²) in [6, 6.07) is 7.45. The Balaban J connectivity index is 1.61. The van der Waals surface area contributed by atoms with Crippen LogP contribution in [0.5, 0.6) is 0 Å². The zero-order valence-corrected chi connectivity index (χ0v) is 17.1. The Bertz CT molecular complexity index is 660. The summed E-state index contributed by atoms with van der Waals surface area (Å²) in [7, 11) is 0. The van der Waals surface area contributed by atoms with E-state index in [1.54, 1.807) is 11.8 Å². The highest BCUT2D eigenvalue weighted by atomic mass is 79.9. The molecule has 7 nitrogen and oxygen atoms in total. The van der Waals surface area contributed by atoms with Gasteiger partial charge in [0.15, 0.2) is 0 Å². The topological polar surface area (TPSA) is 87.7 Å². The average Bonchev–Trinajstić information content (AvgIpc) is 2.62. The van der Waals surface area contributed by atoms with Crippen LogP contribution < -0.4 is 10.6 Å². The number of likely N-dealkylation sites (tertiary alicyclic amines) is 1. The van der Waals surface area contributed by atoms with Crippen LogP contribution in [0.3, 0.4) is 0 Å². The molecule has 1 aromatic carbocycles. The first kappa shape index (κ1) is 21.2. The van der Waals surface area contributed by atoms with Gasteiger partial charge in [-0.2, -0.15) is 0 Å². The maximum absolute atomic E-state index is 12.1. The van der Waals surface area contributed by atoms with E-state index >= 15 is 0 Å². The quantitative estimate of drug-likeness (QED) is 0.681. The average molecular weight is 440 g/mol. The van der Waals surface area contributed by atoms with Gasteiger partial charge in [-0.1, -0.05) is 22.0 Å². The number of carbonyl (C=O) groups excluding carboxylic acids is 3. The van der Waals surface area contributed by atoms with Gasteiger partial charge in [0.25, 0.3) is 0 Å². The van der Waals surface area contributed by atoms with Crippen LogP contribution in [0, 0.1) is 0 Å². The molecule has 0 bridgehead atoms. The van der Waals surface area contributed by atoms with Gasteiger partial charge in [0.1, 0.15) is 0 Å². The lowest BCUT2D eigenvalue weighted by molar-refractivity contribution is -0.122. The Morgan fingerprint density at radius 2 is 1.89 bits per heavy atom. The fourth-order valence-corrected chi connectivity index (χ4v) is 3.32. The summed E-state index contributed by atoms with van der Waals surface area (Å²) in [4.78, 5) is 37.3. The van der Waals surface area contributed by atoms with Crippen molar-refractivity contribution in [3.05, 3.63) is 28.7 Å². The van der Waals surface area contributed by atoms with E-state index in [1.807, 2.05) is 24.3 Å². The largest absolute Gasteiger partial charge is 0.450 e. The maximum atomic E-state index is 12.1. The second kappa shape index (κ2) is 10.9. The van der Waals surface area contributed by atoms with E-state index in [9.17, 15) is 14.4 Å². The minimum absolute atomic E-state index is 0.0557. The summed E-state index contributed by atoms with van der Waals surface area (Å²) in [6.45, 7) is 3.31. The molecule has 1 aliphatic rings. The van der Waals surface area contributed by atoms with Gasteiger partial charge < -0.3 is 20.3 Å². The minimum atomic E-state index is -0.293. The summed E-state index contributed by atoms with van der Waals surface area (Å²) in [5.41, 5.74) is 0.729. The highest BCUT2D eigenvalue weighted by molar-refractivity contribution is 9.10. The number of hydrogen-bond acceptors (Lipinski definition) is 4. The number of benzene rings is 1. The van der Waals surface area contributed by atoms with Gasteiger partial charge in [0.2, 0.25) is 11.8 Å². The fourth-order valence-electron chi connectivity index (χ4n) is 2.92. The van der Waals surface area contributed by atoms with Gasteiger partial charge in [0.05, 0.1) is 6.61 Å². The third-order valence-electron chi connectivity index (χ3n) is 4.30. The molecule has 1 aliphatic heterocycles. The van der Waals surface area contributed by atoms with Crippen LogP contribution in [0.15, 0.2) is 28.7 Å². The molecule has 8 heteroatoms. The smallest absolute Gasteiger partial charge is 0.409 e. The Hall–Kier alpha value is -2.09. The highest BCUT2D eigenvalue weighted by Crippen LogP contribution is 2.16. The van der Waals surface area contributed by atoms with Crippen LogP contribution in [0.1, 0.15) is 39.0 Å². The molecule has 0 aliphatic carbocycles. The van der Waals surface area contributed by atoms with E-state index in [1.165, 1.54) is 0 Å². The molecular weight excluding hydrogens is 414 g/mol. The van der Waals surface area contributed by atoms with Gasteiger partial charge in [0, 0.05) is 42.1 Å². The molecule has 0 atom stereocenters. The van der Waals surface area contributed by atoms with Crippen molar-refractivity contribution in [2.75, 3.05) is 25.0 Å². The SMILES string of the molecule is CCOC(=O)N1CCC(NC(=O)CCCC(=O)Nc2cccc(Br)c2)CC1. The lowest BCUT2D eigenvalue weighted by Gasteiger charge is -2.31. The first-order valence-corrected chi connectivity index (χ1v) is 10.0. The molecule has 1 heterocycles. The zero-order chi connectivity index (χ0) is 19.6. The van der Waals surface area contributed by atoms with E-state index in [0.29, 0.717) is 51.8 Å². The van der Waals surface area contributed by atoms with E-state index in [0.717, 1.165) is 10.2 Å². The van der Waals surface area contributed by atoms with Gasteiger partial charge in [-0.25, -0.2) is 4.79 Å². The number of ether oxygens (including phenoxy) is 1. The van der Waals surface area contributed by atoms with Gasteiger partial charge in [-0.15, -0.1) is 0 Å². The molecule has 2 N–H and O–H groups in total. The Morgan fingerprint density at radius 3 is 2.56 bits per heavy atom. The standard InChI is InChI=1S/C19H26BrN3O4/c1-2-27-19(26)23-11-9-15(10-12-23)21-17(24)7-4-8-18(25)22-16-6-3-5-14(20)13-16/h3,5-6,13,15H,2,4,7-12H2,1H3,(H,21,24)(H,22,25). The fraction of sp³-hybridized carbons (Fsp3) is 0.526. The second-order valence-electron chi connectivity index (χ2n) is 6.44. The van der Waals surface area contributed by atoms with E-state index in [-0.39, 0.29) is 23.9 Å². The van der Waals surface area contributed by atoms with Crippen LogP contribution in [0.25, 0.3) is 0 Å². The van der Waals surface area contributed by atoms with E-state index in [2.05, 4.69) is 26.6 Å². The number of rotatable bonds is 7. The first-order valence-electron chi connectivity index (χ1n) is 9.24. The molecule has 0 saturated carbocycles. The summed E-state index contributed by atoms with van der Waals surface area (Å²) >= 11 is 3.36. The molecule has 1 saturated heterocycles. The molecule has 0 aromatic heterocycles. The Morgan fingerprint density at radius 1 is 1.19 bits per heavy atom. The monoisotopic (exact) mass is 439 g/mol. The molecule has 0 unspecified atom stereocenters. The number of piperidine rings is 1. The van der Waals surface area contributed by atoms with Crippen molar-refractivity contribution in [2.45, 2.75) is 45.1 Å². The third kappa shape index (κ3) is 7.58. The molecule has 27 heavy (non-hydrogen) atoms. The summed E-state index contributed by atoms with van der Waals surface area (Å²) in [5, 5.41) is 5.80. The van der Waals surface area contributed by atoms with Crippen molar-refractivity contribution < 1.29 is 19.1 Å².